The fourth-order valence-electron chi connectivity index (χ4n) is 1.89. The summed E-state index contributed by atoms with van der Waals surface area (Å²) in [5, 5.41) is 11.9. The number of halogens is 2. The van der Waals surface area contributed by atoms with Crippen LogP contribution in [-0.4, -0.2) is 13.0 Å². The number of benzene rings is 2. The number of hydrogen-bond donors (Lipinski definition) is 1. The van der Waals surface area contributed by atoms with Gasteiger partial charge in [0.2, 0.25) is 0 Å². The molecule has 23 heavy (non-hydrogen) atoms. The molecule has 1 N–H and O–H groups in total. The normalized spacial score (nSPS) is 10.8. The zero-order valence-electron chi connectivity index (χ0n) is 12.1. The number of ether oxygens (including phenoxy) is 1. The van der Waals surface area contributed by atoms with E-state index in [1.165, 1.54) is 6.08 Å². The Morgan fingerprint density at radius 1 is 1.22 bits per heavy atom. The van der Waals surface area contributed by atoms with E-state index in [1.807, 2.05) is 24.3 Å². The molecule has 6 heteroatoms. The third kappa shape index (κ3) is 4.44. The first-order valence-corrected chi connectivity index (χ1v) is 8.15. The Morgan fingerprint density at radius 3 is 2.35 bits per heavy atom. The van der Waals surface area contributed by atoms with Gasteiger partial charge in [-0.1, -0.05) is 18.2 Å². The number of hydrogen-bond acceptors (Lipinski definition) is 3. The fourth-order valence-corrected chi connectivity index (χ4v) is 3.44. The summed E-state index contributed by atoms with van der Waals surface area (Å²) in [6, 6.07) is 14.5. The number of nitriles is 1. The second-order valence-electron chi connectivity index (χ2n) is 4.51. The first-order chi connectivity index (χ1) is 11.0. The van der Waals surface area contributed by atoms with Crippen LogP contribution in [0.15, 0.2) is 57.0 Å². The summed E-state index contributed by atoms with van der Waals surface area (Å²) in [7, 11) is 1.56. The summed E-state index contributed by atoms with van der Waals surface area (Å²) in [6.07, 6.45) is 1.52. The van der Waals surface area contributed by atoms with Gasteiger partial charge in [-0.3, -0.25) is 4.79 Å². The number of rotatable bonds is 4. The van der Waals surface area contributed by atoms with Crippen LogP contribution in [0.2, 0.25) is 0 Å². The van der Waals surface area contributed by atoms with Crippen molar-refractivity contribution in [2.24, 2.45) is 0 Å². The molecule has 0 aliphatic carbocycles. The van der Waals surface area contributed by atoms with Gasteiger partial charge in [0, 0.05) is 5.69 Å². The van der Waals surface area contributed by atoms with E-state index in [4.69, 9.17) is 4.74 Å². The van der Waals surface area contributed by atoms with Crippen LogP contribution in [0.25, 0.3) is 6.08 Å². The van der Waals surface area contributed by atoms with Gasteiger partial charge in [-0.05, 0) is 67.8 Å². The second-order valence-corrected chi connectivity index (χ2v) is 6.22. The largest absolute Gasteiger partial charge is 0.494 e. The molecule has 0 fully saturated rings. The van der Waals surface area contributed by atoms with Crippen molar-refractivity contribution in [1.82, 2.24) is 0 Å². The van der Waals surface area contributed by atoms with E-state index in [9.17, 15) is 10.1 Å². The average Bonchev–Trinajstić information content (AvgIpc) is 2.53. The molecule has 0 saturated heterocycles. The van der Waals surface area contributed by atoms with Crippen LogP contribution in [0.4, 0.5) is 5.69 Å². The number of amides is 1. The molecular weight excluding hydrogens is 424 g/mol. The number of anilines is 1. The topological polar surface area (TPSA) is 62.1 Å². The third-order valence-corrected chi connectivity index (χ3v) is 4.11. The van der Waals surface area contributed by atoms with E-state index >= 15 is 0 Å². The zero-order valence-corrected chi connectivity index (χ0v) is 15.3. The Hall–Kier alpha value is -2.10. The van der Waals surface area contributed by atoms with Gasteiger partial charge >= 0.3 is 0 Å². The van der Waals surface area contributed by atoms with E-state index in [1.54, 1.807) is 31.4 Å². The highest BCUT2D eigenvalue weighted by Crippen LogP contribution is 2.35. The van der Waals surface area contributed by atoms with Gasteiger partial charge in [-0.25, -0.2) is 0 Å². The number of para-hydroxylation sites is 1. The number of carbonyl (C=O) groups is 1. The third-order valence-electron chi connectivity index (χ3n) is 2.93. The Balaban J connectivity index is 2.29. The van der Waals surface area contributed by atoms with Crippen LogP contribution in [0.3, 0.4) is 0 Å². The lowest BCUT2D eigenvalue weighted by molar-refractivity contribution is -0.112. The van der Waals surface area contributed by atoms with Crippen LogP contribution in [0.5, 0.6) is 5.75 Å². The molecule has 0 radical (unpaired) electrons. The average molecular weight is 436 g/mol. The quantitative estimate of drug-likeness (QED) is 0.555. The highest BCUT2D eigenvalue weighted by Gasteiger charge is 2.12. The van der Waals surface area contributed by atoms with Crippen molar-refractivity contribution in [3.63, 3.8) is 0 Å². The lowest BCUT2D eigenvalue weighted by Crippen LogP contribution is -2.13. The van der Waals surface area contributed by atoms with Crippen LogP contribution < -0.4 is 10.1 Å². The standard InChI is InChI=1S/C17H12Br2N2O2/c1-23-16-14(18)8-11(9-15(16)19)7-12(10-20)17(22)21-13-5-3-2-4-6-13/h2-9H,1H3,(H,21,22)/b12-7-. The summed E-state index contributed by atoms with van der Waals surface area (Å²) in [5.41, 5.74) is 1.35. The van der Waals surface area contributed by atoms with Gasteiger partial charge in [0.15, 0.2) is 0 Å². The molecule has 0 saturated carbocycles. The van der Waals surface area contributed by atoms with E-state index in [2.05, 4.69) is 37.2 Å². The van der Waals surface area contributed by atoms with Crippen LogP contribution in [0, 0.1) is 11.3 Å². The minimum Gasteiger partial charge on any atom is -0.494 e. The van der Waals surface area contributed by atoms with E-state index in [-0.39, 0.29) is 5.57 Å². The Bertz CT molecular complexity index is 773. The highest BCUT2D eigenvalue weighted by molar-refractivity contribution is 9.11. The molecule has 0 aromatic heterocycles. The van der Waals surface area contributed by atoms with E-state index < -0.39 is 5.91 Å². The summed E-state index contributed by atoms with van der Waals surface area (Å²) < 4.78 is 6.68. The Morgan fingerprint density at radius 2 is 1.83 bits per heavy atom. The van der Waals surface area contributed by atoms with E-state index in [0.717, 1.165) is 8.95 Å². The van der Waals surface area contributed by atoms with Gasteiger partial charge in [-0.15, -0.1) is 0 Å². The molecule has 0 heterocycles. The van der Waals surface area contributed by atoms with Crippen molar-refractivity contribution in [3.8, 4) is 11.8 Å². The van der Waals surface area contributed by atoms with Gasteiger partial charge in [-0.2, -0.15) is 5.26 Å². The van der Waals surface area contributed by atoms with Crippen molar-refractivity contribution in [2.45, 2.75) is 0 Å². The van der Waals surface area contributed by atoms with Crippen molar-refractivity contribution >= 4 is 49.5 Å². The fraction of sp³-hybridized carbons (Fsp3) is 0.0588. The Labute approximate surface area is 151 Å². The molecule has 0 bridgehead atoms. The van der Waals surface area contributed by atoms with Crippen molar-refractivity contribution in [1.29, 1.82) is 5.26 Å². The van der Waals surface area contributed by atoms with Crippen molar-refractivity contribution < 1.29 is 9.53 Å². The van der Waals surface area contributed by atoms with Crippen LogP contribution >= 0.6 is 31.9 Å². The number of carbonyl (C=O) groups excluding carboxylic acids is 1. The molecule has 4 nitrogen and oxygen atoms in total. The van der Waals surface area contributed by atoms with E-state index in [0.29, 0.717) is 17.0 Å². The molecule has 0 aliphatic rings. The maximum absolute atomic E-state index is 12.2. The zero-order chi connectivity index (χ0) is 16.8. The molecule has 0 unspecified atom stereocenters. The number of methoxy groups -OCH3 is 1. The molecular formula is C17H12Br2N2O2. The second kappa shape index (κ2) is 7.95. The molecule has 2 aromatic rings. The van der Waals surface area contributed by atoms with Crippen LogP contribution in [-0.2, 0) is 4.79 Å². The number of nitrogens with one attached hydrogen (secondary N) is 1. The summed E-state index contributed by atoms with van der Waals surface area (Å²) >= 11 is 6.79. The lowest BCUT2D eigenvalue weighted by Gasteiger charge is -2.08. The highest BCUT2D eigenvalue weighted by atomic mass is 79.9. The maximum Gasteiger partial charge on any atom is 0.266 e. The molecule has 0 atom stereocenters. The molecule has 2 aromatic carbocycles. The molecule has 0 aliphatic heterocycles. The minimum absolute atomic E-state index is 0.0119. The first kappa shape index (κ1) is 17.3. The minimum atomic E-state index is -0.457. The summed E-state index contributed by atoms with van der Waals surface area (Å²) in [6.45, 7) is 0. The summed E-state index contributed by atoms with van der Waals surface area (Å²) in [5.74, 6) is 0.191. The van der Waals surface area contributed by atoms with Gasteiger partial charge in [0.05, 0.1) is 16.1 Å². The molecule has 2 rings (SSSR count). The predicted molar refractivity (Wildman–Crippen MR) is 97.1 cm³/mol. The van der Waals surface area contributed by atoms with Gasteiger partial charge < -0.3 is 10.1 Å². The number of nitrogens with zero attached hydrogens (tertiary/aromatic N) is 1. The molecule has 0 spiro atoms. The monoisotopic (exact) mass is 434 g/mol. The van der Waals surface area contributed by atoms with Gasteiger partial charge in [0.25, 0.3) is 5.91 Å². The SMILES string of the molecule is COc1c(Br)cc(/C=C(/C#N)C(=O)Nc2ccccc2)cc1Br. The maximum atomic E-state index is 12.2. The molecule has 1 amide bonds. The first-order valence-electron chi connectivity index (χ1n) is 6.56. The van der Waals surface area contributed by atoms with Crippen molar-refractivity contribution in [3.05, 3.63) is 62.5 Å². The predicted octanol–water partition coefficient (Wildman–Crippen LogP) is 4.77. The Kier molecular flexibility index (Phi) is 5.97. The lowest BCUT2D eigenvalue weighted by atomic mass is 10.1. The smallest absolute Gasteiger partial charge is 0.266 e. The summed E-state index contributed by atoms with van der Waals surface area (Å²) in [4.78, 5) is 12.2. The van der Waals surface area contributed by atoms with Crippen LogP contribution in [0.1, 0.15) is 5.56 Å². The van der Waals surface area contributed by atoms with Crippen molar-refractivity contribution in [2.75, 3.05) is 12.4 Å². The molecule has 116 valence electrons. The van der Waals surface area contributed by atoms with Gasteiger partial charge in [0.1, 0.15) is 17.4 Å².